The van der Waals surface area contributed by atoms with E-state index in [9.17, 15) is 79.2 Å². The van der Waals surface area contributed by atoms with Gasteiger partial charge in [0.25, 0.3) is 0 Å². The van der Waals surface area contributed by atoms with Gasteiger partial charge in [-0.3, -0.25) is 0 Å². The van der Waals surface area contributed by atoms with Crippen molar-refractivity contribution in [2.45, 2.75) is 166 Å². The zero-order valence-electron chi connectivity index (χ0n) is 74.0. The number of carbonyl (C=O) groups excluding carboxylic acids is 8. The first-order chi connectivity index (χ1) is 59.8. The van der Waals surface area contributed by atoms with Crippen LogP contribution in [0, 0.1) is 0 Å². The summed E-state index contributed by atoms with van der Waals surface area (Å²) < 4.78 is 82.0. The van der Waals surface area contributed by atoms with Crippen molar-refractivity contribution in [2.24, 2.45) is 0 Å². The first-order valence-electron chi connectivity index (χ1n) is 40.9. The summed E-state index contributed by atoms with van der Waals surface area (Å²) in [5.41, 5.74) is 4.71. The van der Waals surface area contributed by atoms with Gasteiger partial charge in [-0.2, -0.15) is 0 Å². The lowest BCUT2D eigenvalue weighted by molar-refractivity contribution is -0.143. The highest BCUT2D eigenvalue weighted by atomic mass is 16.6. The molecule has 700 valence electrons. The average molecular weight is 1770 g/mol. The molecule has 0 radical (unpaired) electrons. The summed E-state index contributed by atoms with van der Waals surface area (Å²) in [6, 6.07) is 30.2. The van der Waals surface area contributed by atoms with E-state index < -0.39 is 96.6 Å². The number of benzene rings is 4. The third kappa shape index (κ3) is 53.6. The van der Waals surface area contributed by atoms with Gasteiger partial charge in [-0.25, -0.2) is 38.4 Å². The lowest BCUT2D eigenvalue weighted by Gasteiger charge is -2.26. The molecular weight excluding hydrogens is 1640 g/mol. The topological polar surface area (TPSA) is 446 Å². The molecule has 0 saturated carbocycles. The maximum absolute atomic E-state index is 11.4. The van der Waals surface area contributed by atoms with Gasteiger partial charge < -0.3 is 117 Å². The van der Waals surface area contributed by atoms with Gasteiger partial charge in [-0.05, 0) is 124 Å². The predicted octanol–water partition coefficient (Wildman–Crippen LogP) is 8.98. The van der Waals surface area contributed by atoms with Crippen LogP contribution in [0.3, 0.4) is 0 Å². The summed E-state index contributed by atoms with van der Waals surface area (Å²) >= 11 is 0. The fourth-order valence-corrected chi connectivity index (χ4v) is 9.89. The first kappa shape index (κ1) is 113. The van der Waals surface area contributed by atoms with Gasteiger partial charge in [-0.1, -0.05) is 155 Å². The molecule has 8 unspecified atom stereocenters. The Hall–Kier alpha value is -10.7. The van der Waals surface area contributed by atoms with Crippen LogP contribution in [0.1, 0.15) is 129 Å². The van der Waals surface area contributed by atoms with Gasteiger partial charge in [-0.15, -0.1) is 0 Å². The molecule has 0 aliphatic heterocycles. The summed E-state index contributed by atoms with van der Waals surface area (Å²) in [5, 5.41) is 77.9. The number of ether oxygens (including phenoxy) is 16. The molecule has 0 bridgehead atoms. The second-order valence-electron chi connectivity index (χ2n) is 29.8. The van der Waals surface area contributed by atoms with Crippen molar-refractivity contribution in [3.63, 3.8) is 0 Å². The highest BCUT2D eigenvalue weighted by Crippen LogP contribution is 2.35. The number of hydrogen-bond donors (Lipinski definition) is 8. The van der Waals surface area contributed by atoms with Crippen molar-refractivity contribution < 1.29 is 155 Å². The molecule has 4 aromatic rings. The zero-order valence-corrected chi connectivity index (χ0v) is 74.0. The number of aliphatic hydroxyl groups is 8. The molecule has 126 heavy (non-hydrogen) atoms. The van der Waals surface area contributed by atoms with Gasteiger partial charge in [0.05, 0.1) is 26.4 Å². The van der Waals surface area contributed by atoms with E-state index in [-0.39, 0.29) is 139 Å². The van der Waals surface area contributed by atoms with E-state index >= 15 is 0 Å². The second kappa shape index (κ2) is 65.8. The van der Waals surface area contributed by atoms with Crippen LogP contribution in [0.2, 0.25) is 0 Å². The van der Waals surface area contributed by atoms with Crippen molar-refractivity contribution in [3.05, 3.63) is 219 Å². The van der Waals surface area contributed by atoms with E-state index in [1.165, 1.54) is 13.8 Å². The Morgan fingerprint density at radius 3 is 0.579 bits per heavy atom. The lowest BCUT2D eigenvalue weighted by atomic mass is 9.78. The first-order valence-corrected chi connectivity index (χ1v) is 40.9. The standard InChI is InChI=1S/C29H36O8.C27H32O8.C20H34O8.C18H30O8/c1-19(2)27(32)36-17-23(30)15-34-25-11-7-21(8-12-25)29(5,6)22-9-13-26(14-10-22)35-16-24(31)18-37-28(33)20(3)4;1-5-25(30)34-17-21(28)15-32-23-11-7-19(8-12-23)27(3,4)20-9-13-24(14-10-20)33-16-22(29)18-35-26(31)6-2;1-15(2)19(23)27-13-17(21)11-25-9-7-5-6-8-10-26-12-18(22)14-28-20(24)16(3)4;1-3-17(21)25-13-15(19)11-23-9-7-5-6-8-10-24-12-16(20)14-26-18(22)4-2/h7-14,23-24,30-31H,1,3,15-18H2,2,4-6H3;5-14,21-22,28-29H,1-2,15-18H2,3-4H3;17-18,21-22H,1,3,5-14H2,2,4H3;3-4,15-16,19-20H,1-2,5-14H2. The molecule has 0 aliphatic carbocycles. The van der Waals surface area contributed by atoms with E-state index in [0.29, 0.717) is 49.4 Å². The minimum Gasteiger partial charge on any atom is -0.491 e. The Bertz CT molecular complexity index is 3660. The summed E-state index contributed by atoms with van der Waals surface area (Å²) in [6.07, 6.45) is 4.14. The fraction of sp³-hybridized carbons (Fsp3) is 0.489. The zero-order chi connectivity index (χ0) is 94.4. The molecule has 0 heterocycles. The molecule has 0 fully saturated rings. The molecule has 0 aliphatic rings. The van der Waals surface area contributed by atoms with E-state index in [0.717, 1.165) is 97.9 Å². The molecule has 32 nitrogen and oxygen atoms in total. The number of hydrogen-bond acceptors (Lipinski definition) is 32. The molecule has 8 N–H and O–H groups in total. The number of rotatable bonds is 62. The molecule has 0 amide bonds. The van der Waals surface area contributed by atoms with E-state index in [2.05, 4.69) is 89.8 Å². The summed E-state index contributed by atoms with van der Waals surface area (Å²) in [4.78, 5) is 88.9. The maximum Gasteiger partial charge on any atom is 0.333 e. The van der Waals surface area contributed by atoms with Crippen LogP contribution in [0.25, 0.3) is 0 Å². The van der Waals surface area contributed by atoms with Crippen LogP contribution in [-0.4, -0.2) is 270 Å². The van der Waals surface area contributed by atoms with E-state index in [1.807, 2.05) is 97.1 Å². The Kier molecular flexibility index (Phi) is 59.2. The number of esters is 8. The van der Waals surface area contributed by atoms with Gasteiger partial charge in [0.2, 0.25) is 0 Å². The lowest BCUT2D eigenvalue weighted by Crippen LogP contribution is -2.25. The molecule has 4 aromatic carbocycles. The van der Waals surface area contributed by atoms with E-state index in [1.54, 1.807) is 13.8 Å². The predicted molar refractivity (Wildman–Crippen MR) is 468 cm³/mol. The second-order valence-corrected chi connectivity index (χ2v) is 29.8. The van der Waals surface area contributed by atoms with Crippen molar-refractivity contribution in [1.29, 1.82) is 0 Å². The Morgan fingerprint density at radius 2 is 0.421 bits per heavy atom. The smallest absolute Gasteiger partial charge is 0.333 e. The van der Waals surface area contributed by atoms with Crippen LogP contribution in [-0.2, 0) is 106 Å². The van der Waals surface area contributed by atoms with Crippen molar-refractivity contribution >= 4 is 47.8 Å². The van der Waals surface area contributed by atoms with Gasteiger partial charge in [0.1, 0.15) is 151 Å². The molecule has 8 atom stereocenters. The molecule has 4 rings (SSSR count). The maximum atomic E-state index is 11.4. The van der Waals surface area contributed by atoms with Crippen LogP contribution < -0.4 is 18.9 Å². The third-order valence-electron chi connectivity index (χ3n) is 17.3. The fourth-order valence-electron chi connectivity index (χ4n) is 9.89. The van der Waals surface area contributed by atoms with Crippen molar-refractivity contribution in [3.8, 4) is 23.0 Å². The van der Waals surface area contributed by atoms with Crippen LogP contribution in [0.5, 0.6) is 23.0 Å². The Labute approximate surface area is 739 Å². The summed E-state index contributed by atoms with van der Waals surface area (Å²) in [6.45, 7) is 42.9. The summed E-state index contributed by atoms with van der Waals surface area (Å²) in [5.74, 6) is -2.16. The average Bonchev–Trinajstić information content (AvgIpc) is 0.807. The van der Waals surface area contributed by atoms with E-state index in [4.69, 9.17) is 66.3 Å². The van der Waals surface area contributed by atoms with Crippen LogP contribution in [0.4, 0.5) is 0 Å². The number of carbonyl (C=O) groups is 8. The largest absolute Gasteiger partial charge is 0.491 e. The molecule has 32 heteroatoms. The van der Waals surface area contributed by atoms with Crippen molar-refractivity contribution in [1.82, 2.24) is 0 Å². The van der Waals surface area contributed by atoms with Crippen LogP contribution >= 0.6 is 0 Å². The monoisotopic (exact) mass is 1770 g/mol. The SMILES string of the molecule is C=C(C)C(=O)OCC(O)COCCCCCCOCC(O)COC(=O)C(=C)C.C=C(C)C(=O)OCC(O)COc1ccc(C(C)(C)c2ccc(OCC(O)COC(=O)C(=C)C)cc2)cc1.C=CC(=O)OCC(O)COCCCCCCOCC(O)COC(=O)C=C.C=CC(=O)OCC(O)COc1ccc(C(C)(C)c2ccc(OCC(O)COC(=O)C=C)cc2)cc1. The molecule has 0 aromatic heterocycles. The van der Waals surface area contributed by atoms with Gasteiger partial charge in [0.15, 0.2) is 0 Å². The van der Waals surface area contributed by atoms with Gasteiger partial charge in [0, 0.05) is 83.9 Å². The Balaban J connectivity index is 0.000000849. The highest BCUT2D eigenvalue weighted by Gasteiger charge is 2.26. The van der Waals surface area contributed by atoms with Gasteiger partial charge >= 0.3 is 47.8 Å². The molecule has 0 saturated heterocycles. The quantitative estimate of drug-likeness (QED) is 0.00884. The molecule has 0 spiro atoms. The Morgan fingerprint density at radius 1 is 0.262 bits per heavy atom. The number of aliphatic hydroxyl groups excluding tert-OH is 8. The highest BCUT2D eigenvalue weighted by molar-refractivity contribution is 5.88. The van der Waals surface area contributed by atoms with Crippen molar-refractivity contribution in [2.75, 3.05) is 132 Å². The third-order valence-corrected chi connectivity index (χ3v) is 17.3. The minimum atomic E-state index is -0.951. The number of unbranched alkanes of at least 4 members (excludes halogenated alkanes) is 6. The normalized spacial score (nSPS) is 12.8. The summed E-state index contributed by atoms with van der Waals surface area (Å²) in [7, 11) is 0. The molecular formula is C94H132O32. The minimum absolute atomic E-state index is 0.0139. The van der Waals surface area contributed by atoms with Crippen LogP contribution in [0.15, 0.2) is 196 Å².